The topological polar surface area (TPSA) is 114 Å². The van der Waals surface area contributed by atoms with Gasteiger partial charge < -0.3 is 19.8 Å². The van der Waals surface area contributed by atoms with Gasteiger partial charge in [0.15, 0.2) is 0 Å². The molecule has 0 aromatic carbocycles. The largest absolute Gasteiger partial charge is 2.00 e. The van der Waals surface area contributed by atoms with Crippen LogP contribution >= 0.6 is 0 Å². The number of carboxylic acid groups (broad SMARTS) is 2. The number of hydrogen-bond donors (Lipinski definition) is 0. The maximum absolute atomic E-state index is 10.4. The first-order valence-electron chi connectivity index (χ1n) is 5.76. The van der Waals surface area contributed by atoms with E-state index in [-0.39, 0.29) is 28.6 Å². The zero-order chi connectivity index (χ0) is 14.6. The minimum Gasteiger partial charge on any atom is -0.550 e. The van der Waals surface area contributed by atoms with Gasteiger partial charge in [-0.1, -0.05) is 13.8 Å². The molecule has 0 aliphatic rings. The zero-order valence-electron chi connectivity index (χ0n) is 11.1. The van der Waals surface area contributed by atoms with E-state index in [0.29, 0.717) is 25.7 Å². The molecule has 0 saturated carbocycles. The summed E-state index contributed by atoms with van der Waals surface area (Å²) in [6.45, 7) is 3.65. The van der Waals surface area contributed by atoms with Crippen molar-refractivity contribution >= 4 is 23.5 Å². The van der Waals surface area contributed by atoms with Crippen LogP contribution in [0.1, 0.15) is 52.4 Å². The molecule has 1 radical (unpaired) electrons. The van der Waals surface area contributed by atoms with Gasteiger partial charge in [-0.3, -0.25) is 9.59 Å². The third-order valence-corrected chi connectivity index (χ3v) is 1.74. The maximum Gasteiger partial charge on any atom is 2.00 e. The van der Waals surface area contributed by atoms with E-state index >= 15 is 0 Å². The summed E-state index contributed by atoms with van der Waals surface area (Å²) in [6, 6.07) is 0. The van der Waals surface area contributed by atoms with E-state index in [0.717, 1.165) is 0 Å². The van der Waals surface area contributed by atoms with E-state index in [1.165, 1.54) is 0 Å². The summed E-state index contributed by atoms with van der Waals surface area (Å²) in [4.78, 5) is 40.4. The molecular weight excluding hydrogens is 295 g/mol. The van der Waals surface area contributed by atoms with Gasteiger partial charge in [0.25, 0.3) is 0 Å². The van der Waals surface area contributed by atoms with Crippen LogP contribution in [0.2, 0.25) is 0 Å². The second kappa shape index (κ2) is 14.9. The summed E-state index contributed by atoms with van der Waals surface area (Å²) in [5, 5.41) is 19.5. The fraction of sp³-hybridized carbons (Fsp3) is 0.667. The molecule has 0 fully saturated rings. The summed E-state index contributed by atoms with van der Waals surface area (Å²) >= 11 is 0. The molecule has 0 amide bonds. The van der Waals surface area contributed by atoms with E-state index < -0.39 is 24.8 Å². The van der Waals surface area contributed by atoms with E-state index in [1.807, 2.05) is 13.8 Å². The molecule has 0 rings (SSSR count). The number of Topliss-reactive ketones (excluding diaryl/α,β-unsaturated/α-hetero) is 2. The van der Waals surface area contributed by atoms with E-state index in [2.05, 4.69) is 0 Å². The molecule has 0 spiro atoms. The molecule has 0 atom stereocenters. The van der Waals surface area contributed by atoms with Crippen LogP contribution in [0.5, 0.6) is 0 Å². The van der Waals surface area contributed by atoms with Crippen molar-refractivity contribution in [2.24, 2.45) is 0 Å². The molecule has 0 aliphatic heterocycles. The Hall–Kier alpha value is -1.20. The predicted molar refractivity (Wildman–Crippen MR) is 59.1 cm³/mol. The molecule has 0 saturated heterocycles. The standard InChI is InChI=1S/2C6H10O3.Mn/c2*1-2-3-5(7)4-6(8)9;/h2*2-4H2,1H3,(H,8,9);/q;;+2/p-2. The Morgan fingerprint density at radius 3 is 1.16 bits per heavy atom. The fourth-order valence-electron chi connectivity index (χ4n) is 1.06. The first-order chi connectivity index (χ1) is 8.33. The number of carbonyl (C=O) groups is 4. The molecule has 0 aliphatic carbocycles. The van der Waals surface area contributed by atoms with E-state index in [4.69, 9.17) is 0 Å². The van der Waals surface area contributed by atoms with Gasteiger partial charge in [-0.25, -0.2) is 0 Å². The molecule has 0 bridgehead atoms. The van der Waals surface area contributed by atoms with E-state index in [9.17, 15) is 29.4 Å². The van der Waals surface area contributed by atoms with Gasteiger partial charge in [0, 0.05) is 37.6 Å². The third-order valence-electron chi connectivity index (χ3n) is 1.74. The van der Waals surface area contributed by atoms with Crippen LogP contribution in [0, 0.1) is 0 Å². The fourth-order valence-corrected chi connectivity index (χ4v) is 1.06. The number of rotatable bonds is 8. The first kappa shape index (κ1) is 22.9. The molecule has 6 nitrogen and oxygen atoms in total. The van der Waals surface area contributed by atoms with Crippen molar-refractivity contribution < 1.29 is 46.5 Å². The van der Waals surface area contributed by atoms with Crippen molar-refractivity contribution in [2.45, 2.75) is 52.4 Å². The number of ketones is 2. The van der Waals surface area contributed by atoms with Crippen molar-refractivity contribution in [3.8, 4) is 0 Å². The van der Waals surface area contributed by atoms with E-state index in [1.54, 1.807) is 0 Å². The molecule has 0 N–H and O–H groups in total. The maximum atomic E-state index is 10.4. The molecule has 109 valence electrons. The van der Waals surface area contributed by atoms with Gasteiger partial charge in [-0.05, 0) is 12.8 Å². The Balaban J connectivity index is -0.000000256. The molecular formula is C12H18MnO6. The second-order valence-corrected chi connectivity index (χ2v) is 3.67. The molecule has 0 aromatic rings. The van der Waals surface area contributed by atoms with Gasteiger partial charge in [-0.15, -0.1) is 0 Å². The monoisotopic (exact) mass is 313 g/mol. The van der Waals surface area contributed by atoms with Crippen molar-refractivity contribution in [1.82, 2.24) is 0 Å². The van der Waals surface area contributed by atoms with Crippen LogP contribution in [0.3, 0.4) is 0 Å². The van der Waals surface area contributed by atoms with Crippen molar-refractivity contribution in [2.75, 3.05) is 0 Å². The predicted octanol–water partition coefficient (Wildman–Crippen LogP) is -1.01. The molecule has 19 heavy (non-hydrogen) atoms. The summed E-state index contributed by atoms with van der Waals surface area (Å²) in [7, 11) is 0. The number of carbonyl (C=O) groups excluding carboxylic acids is 4. The van der Waals surface area contributed by atoms with Gasteiger partial charge in [-0.2, -0.15) is 0 Å². The SMILES string of the molecule is CCCC(=O)CC(=O)[O-].CCCC(=O)CC(=O)[O-].[Mn+2]. The van der Waals surface area contributed by atoms with Crippen LogP contribution in [0.25, 0.3) is 0 Å². The second-order valence-electron chi connectivity index (χ2n) is 3.67. The van der Waals surface area contributed by atoms with Crippen LogP contribution in [-0.4, -0.2) is 23.5 Å². The number of carboxylic acids is 2. The van der Waals surface area contributed by atoms with Crippen LogP contribution in [0.15, 0.2) is 0 Å². The molecule has 0 unspecified atom stereocenters. The Bertz CT molecular complexity index is 271. The summed E-state index contributed by atoms with van der Waals surface area (Å²) in [6.07, 6.45) is 1.21. The third kappa shape index (κ3) is 22.5. The molecule has 0 heterocycles. The van der Waals surface area contributed by atoms with Crippen molar-refractivity contribution in [3.05, 3.63) is 0 Å². The average Bonchev–Trinajstić information content (AvgIpc) is 2.16. The van der Waals surface area contributed by atoms with Gasteiger partial charge in [0.1, 0.15) is 11.6 Å². The summed E-state index contributed by atoms with van der Waals surface area (Å²) in [5.74, 6) is -3.07. The Morgan fingerprint density at radius 1 is 0.737 bits per heavy atom. The van der Waals surface area contributed by atoms with Crippen molar-refractivity contribution in [1.29, 1.82) is 0 Å². The minimum atomic E-state index is -1.28. The Morgan fingerprint density at radius 2 is 1.00 bits per heavy atom. The first-order valence-corrected chi connectivity index (χ1v) is 5.76. The molecule has 7 heteroatoms. The molecule has 0 aromatic heterocycles. The quantitative estimate of drug-likeness (QED) is 0.419. The summed E-state index contributed by atoms with van der Waals surface area (Å²) in [5.41, 5.74) is 0. The van der Waals surface area contributed by atoms with Crippen LogP contribution in [0.4, 0.5) is 0 Å². The Kier molecular flexibility index (Phi) is 17.9. The Labute approximate surface area is 123 Å². The van der Waals surface area contributed by atoms with Crippen molar-refractivity contribution in [3.63, 3.8) is 0 Å². The van der Waals surface area contributed by atoms with Gasteiger partial charge in [0.05, 0.1) is 0 Å². The minimum absolute atomic E-state index is 0. The smallest absolute Gasteiger partial charge is 0.550 e. The van der Waals surface area contributed by atoms with Gasteiger partial charge in [0.2, 0.25) is 0 Å². The zero-order valence-corrected chi connectivity index (χ0v) is 12.3. The van der Waals surface area contributed by atoms with Crippen LogP contribution in [-0.2, 0) is 36.2 Å². The number of hydrogen-bond acceptors (Lipinski definition) is 6. The van der Waals surface area contributed by atoms with Gasteiger partial charge >= 0.3 is 17.1 Å². The average molecular weight is 313 g/mol. The summed E-state index contributed by atoms with van der Waals surface area (Å²) < 4.78 is 0. The number of aliphatic carboxylic acids is 2. The normalized spacial score (nSPS) is 8.53. The van der Waals surface area contributed by atoms with Crippen LogP contribution < -0.4 is 10.2 Å².